The number of halogens is 1. The molecule has 0 radical (unpaired) electrons. The zero-order valence-electron chi connectivity index (χ0n) is 7.96. The van der Waals surface area contributed by atoms with Crippen LogP contribution in [0.3, 0.4) is 0 Å². The Hall–Kier alpha value is -1.82. The summed E-state index contributed by atoms with van der Waals surface area (Å²) in [5.41, 5.74) is 1.77. The van der Waals surface area contributed by atoms with Gasteiger partial charge in [-0.25, -0.2) is 15.0 Å². The Labute approximate surface area is 98.7 Å². The van der Waals surface area contributed by atoms with Gasteiger partial charge in [0.25, 0.3) is 0 Å². The molecule has 0 aliphatic rings. The van der Waals surface area contributed by atoms with E-state index >= 15 is 0 Å². The summed E-state index contributed by atoms with van der Waals surface area (Å²) >= 11 is 3.33. The van der Waals surface area contributed by atoms with E-state index in [0.29, 0.717) is 22.8 Å². The quantitative estimate of drug-likeness (QED) is 0.683. The Kier molecular flexibility index (Phi) is 2.14. The van der Waals surface area contributed by atoms with Gasteiger partial charge in [0.1, 0.15) is 11.2 Å². The van der Waals surface area contributed by atoms with E-state index in [-0.39, 0.29) is 0 Å². The molecule has 0 amide bonds. The van der Waals surface area contributed by atoms with Crippen molar-refractivity contribution in [3.63, 3.8) is 0 Å². The molecule has 0 aliphatic heterocycles. The molecule has 0 atom stereocenters. The molecule has 0 saturated heterocycles. The van der Waals surface area contributed by atoms with Crippen molar-refractivity contribution in [3.05, 3.63) is 35.3 Å². The first kappa shape index (κ1) is 9.41. The van der Waals surface area contributed by atoms with Crippen LogP contribution in [0.5, 0.6) is 0 Å². The summed E-state index contributed by atoms with van der Waals surface area (Å²) in [5, 5.41) is 0. The standard InChI is InChI=1S/C10H5BrN4O/c11-6-3-7-9(14-4-6)16-10(15-7)8-5-12-1-2-13-8/h1-5H. The van der Waals surface area contributed by atoms with Crippen LogP contribution in [0.1, 0.15) is 0 Å². The molecule has 16 heavy (non-hydrogen) atoms. The van der Waals surface area contributed by atoms with Crippen LogP contribution in [-0.2, 0) is 0 Å². The normalized spacial score (nSPS) is 10.8. The SMILES string of the molecule is Brc1cnc2oc(-c3cnccn3)nc2c1. The number of hydrogen-bond donors (Lipinski definition) is 0. The fourth-order valence-electron chi connectivity index (χ4n) is 1.32. The monoisotopic (exact) mass is 276 g/mol. The second-order valence-corrected chi connectivity index (χ2v) is 4.00. The summed E-state index contributed by atoms with van der Waals surface area (Å²) in [7, 11) is 0. The molecule has 3 heterocycles. The first-order valence-corrected chi connectivity index (χ1v) is 5.31. The molecule has 0 N–H and O–H groups in total. The molecule has 3 aromatic heterocycles. The van der Waals surface area contributed by atoms with Gasteiger partial charge in [0.15, 0.2) is 0 Å². The summed E-state index contributed by atoms with van der Waals surface area (Å²) in [4.78, 5) is 16.4. The van der Waals surface area contributed by atoms with Crippen LogP contribution < -0.4 is 0 Å². The van der Waals surface area contributed by atoms with Crippen molar-refractivity contribution in [1.82, 2.24) is 19.9 Å². The maximum atomic E-state index is 5.46. The summed E-state index contributed by atoms with van der Waals surface area (Å²) in [6, 6.07) is 1.84. The average Bonchev–Trinajstić information content (AvgIpc) is 2.73. The summed E-state index contributed by atoms with van der Waals surface area (Å²) in [6.07, 6.45) is 6.45. The van der Waals surface area contributed by atoms with E-state index < -0.39 is 0 Å². The highest BCUT2D eigenvalue weighted by Gasteiger charge is 2.10. The van der Waals surface area contributed by atoms with Crippen LogP contribution in [0.25, 0.3) is 22.8 Å². The third-order valence-electron chi connectivity index (χ3n) is 2.00. The molecule has 0 unspecified atom stereocenters. The minimum atomic E-state index is 0.425. The Morgan fingerprint density at radius 1 is 1.12 bits per heavy atom. The minimum Gasteiger partial charge on any atom is -0.416 e. The van der Waals surface area contributed by atoms with Gasteiger partial charge in [-0.1, -0.05) is 0 Å². The number of aromatic nitrogens is 4. The molecule has 0 saturated carbocycles. The predicted molar refractivity (Wildman–Crippen MR) is 60.5 cm³/mol. The molecule has 0 aromatic carbocycles. The Balaban J connectivity index is 2.19. The van der Waals surface area contributed by atoms with Crippen LogP contribution in [0.4, 0.5) is 0 Å². The van der Waals surface area contributed by atoms with E-state index in [4.69, 9.17) is 4.42 Å². The smallest absolute Gasteiger partial charge is 0.249 e. The number of rotatable bonds is 1. The maximum Gasteiger partial charge on any atom is 0.249 e. The largest absolute Gasteiger partial charge is 0.416 e. The van der Waals surface area contributed by atoms with Crippen molar-refractivity contribution >= 4 is 27.2 Å². The van der Waals surface area contributed by atoms with E-state index in [0.717, 1.165) is 4.47 Å². The summed E-state index contributed by atoms with van der Waals surface area (Å²) in [5.74, 6) is 0.425. The van der Waals surface area contributed by atoms with Crippen LogP contribution in [0.15, 0.2) is 39.7 Å². The van der Waals surface area contributed by atoms with E-state index in [1.807, 2.05) is 6.07 Å². The second kappa shape index (κ2) is 3.64. The number of hydrogen-bond acceptors (Lipinski definition) is 5. The zero-order chi connectivity index (χ0) is 11.0. The highest BCUT2D eigenvalue weighted by molar-refractivity contribution is 9.10. The van der Waals surface area contributed by atoms with E-state index in [1.165, 1.54) is 0 Å². The zero-order valence-corrected chi connectivity index (χ0v) is 9.55. The van der Waals surface area contributed by atoms with Crippen molar-refractivity contribution in [2.24, 2.45) is 0 Å². The van der Waals surface area contributed by atoms with Gasteiger partial charge in [0.2, 0.25) is 11.6 Å². The number of nitrogens with zero attached hydrogens (tertiary/aromatic N) is 4. The van der Waals surface area contributed by atoms with E-state index in [9.17, 15) is 0 Å². The van der Waals surface area contributed by atoms with Crippen LogP contribution >= 0.6 is 15.9 Å². The van der Waals surface area contributed by atoms with Gasteiger partial charge < -0.3 is 4.42 Å². The van der Waals surface area contributed by atoms with Crippen molar-refractivity contribution in [2.75, 3.05) is 0 Å². The van der Waals surface area contributed by atoms with Gasteiger partial charge in [-0.15, -0.1) is 0 Å². The van der Waals surface area contributed by atoms with Crippen LogP contribution in [0, 0.1) is 0 Å². The molecule has 0 aliphatic carbocycles. The molecular formula is C10H5BrN4O. The molecule has 6 heteroatoms. The maximum absolute atomic E-state index is 5.46. The first-order chi connectivity index (χ1) is 7.83. The Bertz CT molecular complexity index is 638. The lowest BCUT2D eigenvalue weighted by Gasteiger charge is -1.89. The average molecular weight is 277 g/mol. The molecule has 0 fully saturated rings. The van der Waals surface area contributed by atoms with Crippen LogP contribution in [0.2, 0.25) is 0 Å². The lowest BCUT2D eigenvalue weighted by molar-refractivity contribution is 0.604. The van der Waals surface area contributed by atoms with Crippen molar-refractivity contribution < 1.29 is 4.42 Å². The van der Waals surface area contributed by atoms with Gasteiger partial charge in [-0.2, -0.15) is 0 Å². The molecule has 78 valence electrons. The molecule has 0 spiro atoms. The third-order valence-corrected chi connectivity index (χ3v) is 2.43. The van der Waals surface area contributed by atoms with Gasteiger partial charge in [0, 0.05) is 23.1 Å². The van der Waals surface area contributed by atoms with Crippen LogP contribution in [-0.4, -0.2) is 19.9 Å². The molecule has 0 bridgehead atoms. The third kappa shape index (κ3) is 1.57. The van der Waals surface area contributed by atoms with Crippen molar-refractivity contribution in [1.29, 1.82) is 0 Å². The number of pyridine rings is 1. The lowest BCUT2D eigenvalue weighted by Crippen LogP contribution is -1.82. The van der Waals surface area contributed by atoms with E-state index in [2.05, 4.69) is 35.9 Å². The lowest BCUT2D eigenvalue weighted by atomic mass is 10.4. The van der Waals surface area contributed by atoms with Gasteiger partial charge in [0.05, 0.1) is 6.20 Å². The number of fused-ring (bicyclic) bond motifs is 1. The minimum absolute atomic E-state index is 0.425. The highest BCUT2D eigenvalue weighted by Crippen LogP contribution is 2.22. The summed E-state index contributed by atoms with van der Waals surface area (Å²) in [6.45, 7) is 0. The predicted octanol–water partition coefficient (Wildman–Crippen LogP) is 2.44. The topological polar surface area (TPSA) is 64.7 Å². The van der Waals surface area contributed by atoms with Crippen molar-refractivity contribution in [2.45, 2.75) is 0 Å². The highest BCUT2D eigenvalue weighted by atomic mass is 79.9. The molecule has 3 rings (SSSR count). The molecule has 3 aromatic rings. The van der Waals surface area contributed by atoms with Gasteiger partial charge in [-0.3, -0.25) is 4.98 Å². The molecule has 5 nitrogen and oxygen atoms in total. The summed E-state index contributed by atoms with van der Waals surface area (Å²) < 4.78 is 6.32. The van der Waals surface area contributed by atoms with Gasteiger partial charge >= 0.3 is 0 Å². The fraction of sp³-hybridized carbons (Fsp3) is 0. The molecular weight excluding hydrogens is 272 g/mol. The van der Waals surface area contributed by atoms with Crippen molar-refractivity contribution in [3.8, 4) is 11.6 Å². The second-order valence-electron chi connectivity index (χ2n) is 3.09. The Morgan fingerprint density at radius 3 is 2.88 bits per heavy atom. The van der Waals surface area contributed by atoms with Gasteiger partial charge in [-0.05, 0) is 22.0 Å². The van der Waals surface area contributed by atoms with E-state index in [1.54, 1.807) is 24.8 Å². The number of oxazole rings is 1. The Morgan fingerprint density at radius 2 is 2.06 bits per heavy atom. The first-order valence-electron chi connectivity index (χ1n) is 4.51. The fourth-order valence-corrected chi connectivity index (χ4v) is 1.64.